The van der Waals surface area contributed by atoms with Crippen LogP contribution in [0.5, 0.6) is 5.75 Å². The van der Waals surface area contributed by atoms with Gasteiger partial charge in [-0.2, -0.15) is 4.98 Å². The van der Waals surface area contributed by atoms with Crippen molar-refractivity contribution in [1.29, 1.82) is 0 Å². The van der Waals surface area contributed by atoms with Gasteiger partial charge in [-0.3, -0.25) is 14.3 Å². The third-order valence-electron chi connectivity index (χ3n) is 8.21. The maximum Gasteiger partial charge on any atom is 0.350 e. The Morgan fingerprint density at radius 3 is 2.69 bits per heavy atom. The molecule has 0 aliphatic carbocycles. The number of benzene rings is 1. The topological polar surface area (TPSA) is 100 Å². The second-order valence-corrected chi connectivity index (χ2v) is 11.1. The zero-order valence-electron chi connectivity index (χ0n) is 24.3. The van der Waals surface area contributed by atoms with Crippen molar-refractivity contribution in [2.75, 3.05) is 57.4 Å². The van der Waals surface area contributed by atoms with E-state index < -0.39 is 0 Å². The van der Waals surface area contributed by atoms with Gasteiger partial charge in [-0.15, -0.1) is 0 Å². The zero-order valence-corrected chi connectivity index (χ0v) is 24.3. The number of aromatic nitrogens is 2. The molecular weight excluding hydrogens is 541 g/mol. The number of piperazine rings is 1. The monoisotopic (exact) mass is 579 g/mol. The van der Waals surface area contributed by atoms with Gasteiger partial charge >= 0.3 is 5.69 Å². The van der Waals surface area contributed by atoms with Gasteiger partial charge in [0.15, 0.2) is 5.75 Å². The molecule has 0 spiro atoms. The van der Waals surface area contributed by atoms with Gasteiger partial charge in [-0.25, -0.2) is 9.18 Å². The molecule has 4 heterocycles. The highest BCUT2D eigenvalue weighted by molar-refractivity contribution is 5.98. The first-order valence-electron chi connectivity index (χ1n) is 14.3. The van der Waals surface area contributed by atoms with Crippen LogP contribution in [-0.4, -0.2) is 95.0 Å². The van der Waals surface area contributed by atoms with Crippen LogP contribution in [0.25, 0.3) is 17.0 Å². The molecule has 11 heteroatoms. The van der Waals surface area contributed by atoms with Crippen molar-refractivity contribution in [1.82, 2.24) is 19.4 Å². The van der Waals surface area contributed by atoms with Gasteiger partial charge < -0.3 is 24.4 Å². The Morgan fingerprint density at radius 1 is 1.21 bits per heavy atom. The average Bonchev–Trinajstić information content (AvgIpc) is 2.98. The van der Waals surface area contributed by atoms with Crippen molar-refractivity contribution in [2.24, 2.45) is 0 Å². The van der Waals surface area contributed by atoms with Crippen LogP contribution in [0.15, 0.2) is 53.8 Å². The number of rotatable bonds is 7. The molecule has 3 aliphatic heterocycles. The molecule has 0 saturated carbocycles. The summed E-state index contributed by atoms with van der Waals surface area (Å²) in [4.78, 5) is 37.2. The largest absolute Gasteiger partial charge is 0.508 e. The number of hydrogen-bond acceptors (Lipinski definition) is 8. The molecule has 1 amide bonds. The number of nitrogens with zero attached hydrogens (tertiary/aromatic N) is 5. The first-order valence-corrected chi connectivity index (χ1v) is 14.3. The lowest BCUT2D eigenvalue weighted by atomic mass is 9.99. The molecule has 3 aliphatic rings. The second-order valence-electron chi connectivity index (χ2n) is 11.1. The normalized spacial score (nSPS) is 23.6. The van der Waals surface area contributed by atoms with Crippen molar-refractivity contribution in [3.63, 3.8) is 0 Å². The average molecular weight is 580 g/mol. The van der Waals surface area contributed by atoms with E-state index in [1.54, 1.807) is 15.5 Å². The lowest BCUT2D eigenvalue weighted by molar-refractivity contribution is -0.128. The zero-order chi connectivity index (χ0) is 30.0. The first-order chi connectivity index (χ1) is 20.2. The molecule has 1 N–H and O–H groups in total. The Balaban J connectivity index is 1.66. The lowest BCUT2D eigenvalue weighted by Gasteiger charge is -2.45. The van der Waals surface area contributed by atoms with E-state index in [4.69, 9.17) is 9.47 Å². The van der Waals surface area contributed by atoms with Crippen LogP contribution in [0.1, 0.15) is 31.0 Å². The van der Waals surface area contributed by atoms with Crippen LogP contribution in [0.4, 0.5) is 10.2 Å². The summed E-state index contributed by atoms with van der Waals surface area (Å²) in [6, 6.07) is 1.48. The van der Waals surface area contributed by atoms with Crippen LogP contribution < -0.4 is 15.3 Å². The number of halogens is 1. The highest BCUT2D eigenvalue weighted by atomic mass is 19.1. The summed E-state index contributed by atoms with van der Waals surface area (Å²) in [5.74, 6) is 0.830. The van der Waals surface area contributed by atoms with Crippen molar-refractivity contribution in [3.05, 3.63) is 70.6 Å². The van der Waals surface area contributed by atoms with Crippen molar-refractivity contribution >= 4 is 28.7 Å². The first kappa shape index (κ1) is 29.5. The summed E-state index contributed by atoms with van der Waals surface area (Å²) in [7, 11) is 0. The number of ether oxygens (including phenoxy) is 2. The Bertz CT molecular complexity index is 1510. The highest BCUT2D eigenvalue weighted by Crippen LogP contribution is 2.41. The predicted octanol–water partition coefficient (Wildman–Crippen LogP) is 3.52. The predicted molar refractivity (Wildman–Crippen MR) is 161 cm³/mol. The molecule has 5 rings (SSSR count). The molecule has 10 nitrogen and oxygen atoms in total. The molecule has 3 atom stereocenters. The number of aryl methyl sites for hydroxylation is 1. The maximum absolute atomic E-state index is 13.9. The van der Waals surface area contributed by atoms with Crippen molar-refractivity contribution in [3.8, 4) is 5.75 Å². The van der Waals surface area contributed by atoms with E-state index >= 15 is 0 Å². The molecule has 1 aromatic heterocycles. The molecule has 2 fully saturated rings. The molecule has 224 valence electrons. The number of morpholine rings is 1. The Kier molecular flexibility index (Phi) is 8.79. The number of carbonyl (C=O) groups excluding carboxylic acids is 1. The van der Waals surface area contributed by atoms with Crippen molar-refractivity contribution in [2.45, 2.75) is 38.9 Å². The number of aliphatic hydroxyl groups excluding tert-OH is 1. The molecular formula is C31H38FN5O5. The molecule has 42 heavy (non-hydrogen) atoms. The molecule has 0 radical (unpaired) electrons. The van der Waals surface area contributed by atoms with Gasteiger partial charge in [0.25, 0.3) is 0 Å². The molecule has 2 saturated heterocycles. The summed E-state index contributed by atoms with van der Waals surface area (Å²) in [6.07, 6.45) is 7.23. The number of aliphatic hydroxyl groups is 1. The molecule has 2 aromatic rings. The van der Waals surface area contributed by atoms with Gasteiger partial charge in [-0.1, -0.05) is 12.7 Å². The van der Waals surface area contributed by atoms with Crippen LogP contribution in [-0.2, 0) is 9.53 Å². The van der Waals surface area contributed by atoms with Crippen LogP contribution in [0.3, 0.4) is 0 Å². The summed E-state index contributed by atoms with van der Waals surface area (Å²) in [5, 5.41) is 11.4. The van der Waals surface area contributed by atoms with Gasteiger partial charge in [0.1, 0.15) is 18.2 Å². The number of carbonyl (C=O) groups is 1. The van der Waals surface area contributed by atoms with E-state index in [-0.39, 0.29) is 42.1 Å². The Hall–Kier alpha value is -3.96. The summed E-state index contributed by atoms with van der Waals surface area (Å²) >= 11 is 0. The van der Waals surface area contributed by atoms with Crippen LogP contribution >= 0.6 is 0 Å². The van der Waals surface area contributed by atoms with Gasteiger partial charge in [-0.05, 0) is 56.7 Å². The van der Waals surface area contributed by atoms with E-state index in [1.807, 2.05) is 26.8 Å². The van der Waals surface area contributed by atoms with E-state index in [2.05, 4.69) is 21.4 Å². The van der Waals surface area contributed by atoms with Gasteiger partial charge in [0, 0.05) is 55.8 Å². The fourth-order valence-corrected chi connectivity index (χ4v) is 6.09. The third-order valence-corrected chi connectivity index (χ3v) is 8.21. The molecule has 0 bridgehead atoms. The van der Waals surface area contributed by atoms with Gasteiger partial charge in [0.2, 0.25) is 5.91 Å². The third kappa shape index (κ3) is 5.71. The maximum atomic E-state index is 13.9. The van der Waals surface area contributed by atoms with Crippen LogP contribution in [0.2, 0.25) is 0 Å². The van der Waals surface area contributed by atoms with Crippen molar-refractivity contribution < 1.29 is 23.8 Å². The summed E-state index contributed by atoms with van der Waals surface area (Å²) < 4.78 is 26.1. The van der Waals surface area contributed by atoms with Gasteiger partial charge in [0.05, 0.1) is 31.1 Å². The highest BCUT2D eigenvalue weighted by Gasteiger charge is 2.36. The summed E-state index contributed by atoms with van der Waals surface area (Å²) in [6.45, 7) is 14.2. The lowest BCUT2D eigenvalue weighted by Crippen LogP contribution is -2.58. The van der Waals surface area contributed by atoms with E-state index in [0.717, 1.165) is 24.0 Å². The number of anilines is 1. The quantitative estimate of drug-likeness (QED) is 0.302. The van der Waals surface area contributed by atoms with E-state index in [1.165, 1.54) is 24.3 Å². The second kappa shape index (κ2) is 12.5. The number of allylic oxidation sites excluding steroid dienone is 3. The van der Waals surface area contributed by atoms with Crippen LogP contribution in [0, 0.1) is 6.92 Å². The van der Waals surface area contributed by atoms with E-state index in [0.29, 0.717) is 61.8 Å². The fourth-order valence-electron chi connectivity index (χ4n) is 6.09. The minimum Gasteiger partial charge on any atom is -0.508 e. The SMILES string of the molecule is C=CC(=O)N1C[C@H](C)N(c2nc(=O)n3c4c(c(/C=C(O)/C=C\C=C\F)c(C)cc24)OC[C@H]3CN2CCOCC2)C[C@H]1C. The minimum atomic E-state index is -0.374. The molecule has 1 aromatic carbocycles. The Labute approximate surface area is 244 Å². The van der Waals surface area contributed by atoms with E-state index in [9.17, 15) is 19.1 Å². The standard InChI is InChI=1S/C31H38FN5O5/c1-5-27(39)35-16-22(4)36(17-21(35)3)30-26-14-20(2)25(15-24(38)8-6-7-9-32)29-28(26)37(31(40)33-30)23(19-42-29)18-34-10-12-41-13-11-34/h5-9,14-15,21-23,38H,1,10-13,16-19H2,2-4H3/b8-6-,9-7+,24-15-/t21-,22+,23-/m1/s1. The summed E-state index contributed by atoms with van der Waals surface area (Å²) in [5.41, 5.74) is 1.70. The Morgan fingerprint density at radius 2 is 1.98 bits per heavy atom. The molecule has 0 unspecified atom stereocenters. The number of amides is 1. The fraction of sp³-hybridized carbons (Fsp3) is 0.452. The smallest absolute Gasteiger partial charge is 0.350 e. The minimum absolute atomic E-state index is 0.0838. The number of hydrogen-bond donors (Lipinski definition) is 1.